The lowest BCUT2D eigenvalue weighted by molar-refractivity contribution is -0.112. The highest BCUT2D eigenvalue weighted by atomic mass is 16.5. The summed E-state index contributed by atoms with van der Waals surface area (Å²) in [6.07, 6.45) is 0. The van der Waals surface area contributed by atoms with Crippen molar-refractivity contribution in [2.45, 2.75) is 27.4 Å². The van der Waals surface area contributed by atoms with Crippen molar-refractivity contribution in [2.75, 3.05) is 68.5 Å². The summed E-state index contributed by atoms with van der Waals surface area (Å²) in [6.45, 7) is 11.2. The molecule has 0 spiro atoms. The number of anilines is 3. The first-order valence-electron chi connectivity index (χ1n) is 15.5. The van der Waals surface area contributed by atoms with Gasteiger partial charge in [0, 0.05) is 73.7 Å². The fourth-order valence-electron chi connectivity index (χ4n) is 5.81. The van der Waals surface area contributed by atoms with E-state index in [2.05, 4.69) is 39.1 Å². The Balaban J connectivity index is 1.34. The molecule has 1 aliphatic heterocycles. The molecule has 0 unspecified atom stereocenters. The SMILES string of the molecule is Cc1cc(C)nc(N2CCN(c3ccc(NC(=O)C(=O)c4c(-c5ccccc5)cc(C)n4C)cc3COCCN(C)C)CC2)c1. The zero-order chi connectivity index (χ0) is 32.1. The number of amides is 1. The average Bonchev–Trinajstić information content (AvgIpc) is 3.32. The number of aromatic nitrogens is 2. The molecule has 9 nitrogen and oxygen atoms in total. The highest BCUT2D eigenvalue weighted by Crippen LogP contribution is 2.30. The van der Waals surface area contributed by atoms with E-state index in [-0.39, 0.29) is 0 Å². The molecule has 0 atom stereocenters. The largest absolute Gasteiger partial charge is 0.375 e. The van der Waals surface area contributed by atoms with Crippen LogP contribution in [0.15, 0.2) is 66.7 Å². The van der Waals surface area contributed by atoms with E-state index in [4.69, 9.17) is 9.72 Å². The molecule has 0 radical (unpaired) electrons. The highest BCUT2D eigenvalue weighted by Gasteiger charge is 2.26. The van der Waals surface area contributed by atoms with Crippen molar-refractivity contribution in [1.82, 2.24) is 14.5 Å². The maximum Gasteiger partial charge on any atom is 0.298 e. The van der Waals surface area contributed by atoms with Crippen LogP contribution in [0.3, 0.4) is 0 Å². The molecule has 5 rings (SSSR count). The van der Waals surface area contributed by atoms with Gasteiger partial charge in [0.1, 0.15) is 11.5 Å². The van der Waals surface area contributed by atoms with Gasteiger partial charge in [-0.05, 0) is 82.4 Å². The monoisotopic (exact) mass is 608 g/mol. The summed E-state index contributed by atoms with van der Waals surface area (Å²) in [5.74, 6) is -0.227. The molecule has 2 aromatic carbocycles. The molecular formula is C36H44N6O3. The van der Waals surface area contributed by atoms with Crippen LogP contribution < -0.4 is 15.1 Å². The zero-order valence-corrected chi connectivity index (χ0v) is 27.3. The Morgan fingerprint density at radius 2 is 1.62 bits per heavy atom. The van der Waals surface area contributed by atoms with E-state index in [0.717, 1.165) is 72.3 Å². The molecule has 2 aromatic heterocycles. The van der Waals surface area contributed by atoms with Crippen molar-refractivity contribution in [2.24, 2.45) is 7.05 Å². The second kappa shape index (κ2) is 14.1. The number of benzene rings is 2. The summed E-state index contributed by atoms with van der Waals surface area (Å²) >= 11 is 0. The minimum atomic E-state index is -0.671. The standard InChI is InChI=1S/C36H44N6O3/c1-25-20-26(2)37-33(21-25)42-16-14-41(15-17-42)32-13-12-30(23-29(32)24-45-19-18-39(4)5)38-36(44)35(43)34-31(22-27(3)40(34)6)28-10-8-7-9-11-28/h7-13,20-23H,14-19,24H2,1-6H3,(H,38,44). The Morgan fingerprint density at radius 1 is 0.911 bits per heavy atom. The van der Waals surface area contributed by atoms with E-state index in [1.54, 1.807) is 4.57 Å². The topological polar surface area (TPSA) is 82.9 Å². The van der Waals surface area contributed by atoms with Crippen LogP contribution in [0.25, 0.3) is 11.1 Å². The average molecular weight is 609 g/mol. The van der Waals surface area contributed by atoms with Crippen LogP contribution in [0.4, 0.5) is 17.2 Å². The first kappa shape index (κ1) is 31.9. The van der Waals surface area contributed by atoms with E-state index in [9.17, 15) is 9.59 Å². The van der Waals surface area contributed by atoms with Crippen LogP contribution in [0, 0.1) is 20.8 Å². The lowest BCUT2D eigenvalue weighted by Crippen LogP contribution is -2.47. The number of pyridine rings is 1. The van der Waals surface area contributed by atoms with E-state index in [1.807, 2.05) is 89.6 Å². The van der Waals surface area contributed by atoms with Crippen LogP contribution in [0.5, 0.6) is 0 Å². The van der Waals surface area contributed by atoms with Crippen molar-refractivity contribution in [3.05, 3.63) is 94.9 Å². The molecule has 45 heavy (non-hydrogen) atoms. The molecule has 0 bridgehead atoms. The summed E-state index contributed by atoms with van der Waals surface area (Å²) in [5, 5.41) is 2.87. The summed E-state index contributed by atoms with van der Waals surface area (Å²) in [7, 11) is 5.85. The second-order valence-corrected chi connectivity index (χ2v) is 12.1. The summed E-state index contributed by atoms with van der Waals surface area (Å²) in [5.41, 5.74) is 7.76. The first-order chi connectivity index (χ1) is 21.6. The Kier molecular flexibility index (Phi) is 10.0. The molecule has 0 aliphatic carbocycles. The number of piperazine rings is 1. The van der Waals surface area contributed by atoms with Gasteiger partial charge in [-0.1, -0.05) is 30.3 Å². The molecule has 9 heteroatoms. The number of ether oxygens (including phenoxy) is 1. The third kappa shape index (κ3) is 7.61. The van der Waals surface area contributed by atoms with Crippen molar-refractivity contribution in [3.8, 4) is 11.1 Å². The van der Waals surface area contributed by atoms with Crippen LogP contribution >= 0.6 is 0 Å². The molecular weight excluding hydrogens is 564 g/mol. The normalized spacial score (nSPS) is 13.4. The Morgan fingerprint density at radius 3 is 2.31 bits per heavy atom. The minimum absolute atomic E-state index is 0.372. The number of hydrogen-bond acceptors (Lipinski definition) is 7. The number of aryl methyl sites for hydroxylation is 3. The number of nitrogens with zero attached hydrogens (tertiary/aromatic N) is 5. The lowest BCUT2D eigenvalue weighted by atomic mass is 10.0. The molecule has 1 saturated heterocycles. The van der Waals surface area contributed by atoms with E-state index in [1.165, 1.54) is 5.56 Å². The number of carbonyl (C=O) groups excluding carboxylic acids is 2. The fraction of sp³-hybridized carbons (Fsp3) is 0.361. The van der Waals surface area contributed by atoms with E-state index < -0.39 is 11.7 Å². The van der Waals surface area contributed by atoms with Crippen molar-refractivity contribution in [1.29, 1.82) is 0 Å². The van der Waals surface area contributed by atoms with Gasteiger partial charge >= 0.3 is 0 Å². The first-order valence-corrected chi connectivity index (χ1v) is 15.5. The van der Waals surface area contributed by atoms with Gasteiger partial charge in [0.05, 0.1) is 13.2 Å². The van der Waals surface area contributed by atoms with Gasteiger partial charge in [-0.2, -0.15) is 0 Å². The molecule has 1 fully saturated rings. The van der Waals surface area contributed by atoms with Gasteiger partial charge in [0.2, 0.25) is 0 Å². The van der Waals surface area contributed by atoms with Gasteiger partial charge in [-0.15, -0.1) is 0 Å². The Hall–Kier alpha value is -4.47. The van der Waals surface area contributed by atoms with Gasteiger partial charge in [-0.3, -0.25) is 9.59 Å². The van der Waals surface area contributed by atoms with Gasteiger partial charge < -0.3 is 29.3 Å². The molecule has 236 valence electrons. The highest BCUT2D eigenvalue weighted by molar-refractivity contribution is 6.47. The predicted octanol–water partition coefficient (Wildman–Crippen LogP) is 5.24. The van der Waals surface area contributed by atoms with Crippen LogP contribution in [0.1, 0.15) is 33.0 Å². The van der Waals surface area contributed by atoms with Crippen molar-refractivity contribution >= 4 is 28.9 Å². The number of nitrogens with one attached hydrogen (secondary N) is 1. The third-order valence-electron chi connectivity index (χ3n) is 8.29. The Bertz CT molecular complexity index is 1630. The molecule has 1 aliphatic rings. The van der Waals surface area contributed by atoms with Gasteiger partial charge in [0.25, 0.3) is 11.7 Å². The summed E-state index contributed by atoms with van der Waals surface area (Å²) in [6, 6.07) is 21.7. The quantitative estimate of drug-likeness (QED) is 0.142. The second-order valence-electron chi connectivity index (χ2n) is 12.1. The number of carbonyl (C=O) groups is 2. The van der Waals surface area contributed by atoms with Gasteiger partial charge in [-0.25, -0.2) is 4.98 Å². The maximum absolute atomic E-state index is 13.6. The number of Topliss-reactive ketones (excluding diaryl/α,β-unsaturated/α-hetero) is 1. The minimum Gasteiger partial charge on any atom is -0.375 e. The zero-order valence-electron chi connectivity index (χ0n) is 27.3. The molecule has 4 aromatic rings. The Labute approximate surface area is 266 Å². The van der Waals surface area contributed by atoms with Crippen LogP contribution in [-0.2, 0) is 23.2 Å². The lowest BCUT2D eigenvalue weighted by Gasteiger charge is -2.38. The molecule has 0 saturated carbocycles. The predicted molar refractivity (Wildman–Crippen MR) is 181 cm³/mol. The van der Waals surface area contributed by atoms with E-state index >= 15 is 0 Å². The molecule has 1 amide bonds. The number of likely N-dealkylation sites (N-methyl/N-ethyl adjacent to an activating group) is 1. The van der Waals surface area contributed by atoms with Crippen LogP contribution in [0.2, 0.25) is 0 Å². The summed E-state index contributed by atoms with van der Waals surface area (Å²) < 4.78 is 7.85. The molecule has 3 heterocycles. The number of hydrogen-bond donors (Lipinski definition) is 1. The summed E-state index contributed by atoms with van der Waals surface area (Å²) in [4.78, 5) is 38.5. The fourth-order valence-corrected chi connectivity index (χ4v) is 5.81. The number of ketones is 1. The molecule has 1 N–H and O–H groups in total. The number of rotatable bonds is 11. The third-order valence-corrected chi connectivity index (χ3v) is 8.29. The van der Waals surface area contributed by atoms with E-state index in [0.29, 0.717) is 24.6 Å². The van der Waals surface area contributed by atoms with Crippen molar-refractivity contribution < 1.29 is 14.3 Å². The van der Waals surface area contributed by atoms with Crippen LogP contribution in [-0.4, -0.2) is 79.6 Å². The maximum atomic E-state index is 13.6. The van der Waals surface area contributed by atoms with Gasteiger partial charge in [0.15, 0.2) is 0 Å². The smallest absolute Gasteiger partial charge is 0.298 e. The van der Waals surface area contributed by atoms with Crippen molar-refractivity contribution in [3.63, 3.8) is 0 Å².